The average Bonchev–Trinajstić information content (AvgIpc) is 3.45. The summed E-state index contributed by atoms with van der Waals surface area (Å²) in [6.07, 6.45) is 10.3. The molecule has 0 aromatic carbocycles. The Morgan fingerprint density at radius 2 is 2.03 bits per heavy atom. The Labute approximate surface area is 174 Å². The summed E-state index contributed by atoms with van der Waals surface area (Å²) < 4.78 is 1.63. The van der Waals surface area contributed by atoms with Gasteiger partial charge in [0.15, 0.2) is 11.5 Å². The maximum atomic E-state index is 12.9. The lowest BCUT2D eigenvalue weighted by atomic mass is 9.78. The van der Waals surface area contributed by atoms with Crippen LogP contribution in [0.25, 0.3) is 16.9 Å². The molecule has 0 bridgehead atoms. The molecular formula is C22H23N7O. The highest BCUT2D eigenvalue weighted by Crippen LogP contribution is 2.31. The van der Waals surface area contributed by atoms with Gasteiger partial charge in [-0.1, -0.05) is 13.3 Å². The summed E-state index contributed by atoms with van der Waals surface area (Å²) in [5, 5.41) is 20.8. The van der Waals surface area contributed by atoms with E-state index < -0.39 is 0 Å². The van der Waals surface area contributed by atoms with Crippen LogP contribution in [-0.2, 0) is 0 Å². The minimum absolute atomic E-state index is 0.0844. The molecule has 8 nitrogen and oxygen atoms in total. The van der Waals surface area contributed by atoms with Crippen molar-refractivity contribution >= 4 is 22.6 Å². The molecule has 0 saturated heterocycles. The summed E-state index contributed by atoms with van der Waals surface area (Å²) in [5.41, 5.74) is 2.43. The van der Waals surface area contributed by atoms with Crippen LogP contribution in [0.5, 0.6) is 0 Å². The molecule has 2 aliphatic carbocycles. The zero-order valence-electron chi connectivity index (χ0n) is 16.8. The SMILES string of the molecule is CC[C@H]1C[C@H](NC(=O)c2cnc(-n3ncc4cc(C#N)cnc43)cc2NC2CC2)C1. The van der Waals surface area contributed by atoms with Crippen molar-refractivity contribution in [2.75, 3.05) is 5.32 Å². The molecule has 3 aromatic heterocycles. The van der Waals surface area contributed by atoms with E-state index in [0.717, 1.165) is 42.7 Å². The first-order chi connectivity index (χ1) is 14.6. The Morgan fingerprint density at radius 3 is 2.77 bits per heavy atom. The van der Waals surface area contributed by atoms with Gasteiger partial charge in [-0.05, 0) is 37.7 Å². The van der Waals surface area contributed by atoms with Crippen LogP contribution in [0, 0.1) is 17.2 Å². The summed E-state index contributed by atoms with van der Waals surface area (Å²) in [5.74, 6) is 1.22. The smallest absolute Gasteiger partial charge is 0.255 e. The van der Waals surface area contributed by atoms with Crippen LogP contribution in [0.3, 0.4) is 0 Å². The van der Waals surface area contributed by atoms with Crippen LogP contribution >= 0.6 is 0 Å². The topological polar surface area (TPSA) is 109 Å². The molecule has 2 N–H and O–H groups in total. The lowest BCUT2D eigenvalue weighted by molar-refractivity contribution is 0.0888. The van der Waals surface area contributed by atoms with Gasteiger partial charge in [0.1, 0.15) is 6.07 Å². The van der Waals surface area contributed by atoms with Crippen molar-refractivity contribution in [2.45, 2.75) is 51.1 Å². The van der Waals surface area contributed by atoms with Crippen molar-refractivity contribution in [3.8, 4) is 11.9 Å². The molecule has 0 radical (unpaired) electrons. The van der Waals surface area contributed by atoms with Crippen molar-refractivity contribution < 1.29 is 4.79 Å². The maximum Gasteiger partial charge on any atom is 0.255 e. The number of rotatable bonds is 6. The number of carbonyl (C=O) groups excluding carboxylic acids is 1. The summed E-state index contributed by atoms with van der Waals surface area (Å²) in [7, 11) is 0. The molecule has 0 aliphatic heterocycles. The molecule has 5 rings (SSSR count). The van der Waals surface area contributed by atoms with E-state index in [1.807, 2.05) is 6.07 Å². The van der Waals surface area contributed by atoms with E-state index in [-0.39, 0.29) is 11.9 Å². The summed E-state index contributed by atoms with van der Waals surface area (Å²) in [6.45, 7) is 2.19. The Morgan fingerprint density at radius 1 is 1.20 bits per heavy atom. The van der Waals surface area contributed by atoms with E-state index in [1.165, 1.54) is 12.6 Å². The monoisotopic (exact) mass is 401 g/mol. The highest BCUT2D eigenvalue weighted by molar-refractivity contribution is 6.00. The average molecular weight is 401 g/mol. The third-order valence-electron chi connectivity index (χ3n) is 5.97. The van der Waals surface area contributed by atoms with Crippen LogP contribution in [0.15, 0.2) is 30.7 Å². The predicted octanol–water partition coefficient (Wildman–Crippen LogP) is 3.18. The van der Waals surface area contributed by atoms with E-state index in [0.29, 0.717) is 28.6 Å². The van der Waals surface area contributed by atoms with E-state index in [4.69, 9.17) is 5.26 Å². The third kappa shape index (κ3) is 3.47. The molecule has 0 spiro atoms. The zero-order chi connectivity index (χ0) is 20.7. The van der Waals surface area contributed by atoms with Crippen LogP contribution in [0.1, 0.15) is 54.9 Å². The number of hydrogen-bond donors (Lipinski definition) is 2. The molecule has 152 valence electrons. The third-order valence-corrected chi connectivity index (χ3v) is 5.97. The molecule has 2 saturated carbocycles. The van der Waals surface area contributed by atoms with Crippen molar-refractivity contribution in [3.63, 3.8) is 0 Å². The fourth-order valence-corrected chi connectivity index (χ4v) is 3.91. The van der Waals surface area contributed by atoms with Gasteiger partial charge < -0.3 is 10.6 Å². The van der Waals surface area contributed by atoms with Gasteiger partial charge >= 0.3 is 0 Å². The van der Waals surface area contributed by atoms with Crippen LogP contribution in [0.4, 0.5) is 5.69 Å². The summed E-state index contributed by atoms with van der Waals surface area (Å²) >= 11 is 0. The molecule has 8 heteroatoms. The quantitative estimate of drug-likeness (QED) is 0.657. The van der Waals surface area contributed by atoms with Crippen LogP contribution in [0.2, 0.25) is 0 Å². The lowest BCUT2D eigenvalue weighted by Gasteiger charge is -2.35. The second-order valence-electron chi connectivity index (χ2n) is 8.23. The van der Waals surface area contributed by atoms with Gasteiger partial charge in [0.05, 0.1) is 23.0 Å². The first-order valence-electron chi connectivity index (χ1n) is 10.5. The number of anilines is 1. The van der Waals surface area contributed by atoms with Crippen LogP contribution < -0.4 is 10.6 Å². The lowest BCUT2D eigenvalue weighted by Crippen LogP contribution is -2.44. The number of nitriles is 1. The number of hydrogen-bond acceptors (Lipinski definition) is 6. The number of nitrogens with one attached hydrogen (secondary N) is 2. The number of amides is 1. The molecule has 1 amide bonds. The van der Waals surface area contributed by atoms with Gasteiger partial charge in [0.25, 0.3) is 5.91 Å². The molecule has 3 aromatic rings. The number of carbonyl (C=O) groups is 1. The minimum Gasteiger partial charge on any atom is -0.382 e. The largest absolute Gasteiger partial charge is 0.382 e. The molecular weight excluding hydrogens is 378 g/mol. The van der Waals surface area contributed by atoms with Gasteiger partial charge in [-0.15, -0.1) is 0 Å². The van der Waals surface area contributed by atoms with Gasteiger partial charge in [0.2, 0.25) is 0 Å². The Balaban J connectivity index is 1.45. The van der Waals surface area contributed by atoms with E-state index in [1.54, 1.807) is 23.1 Å². The van der Waals surface area contributed by atoms with Crippen LogP contribution in [-0.4, -0.2) is 37.7 Å². The van der Waals surface area contributed by atoms with E-state index in [9.17, 15) is 4.79 Å². The van der Waals surface area contributed by atoms with Crippen molar-refractivity contribution in [1.29, 1.82) is 5.26 Å². The fraction of sp³-hybridized carbons (Fsp3) is 0.409. The Bertz CT molecular complexity index is 1150. The molecule has 2 aliphatic rings. The summed E-state index contributed by atoms with van der Waals surface area (Å²) in [6, 6.07) is 6.34. The maximum absolute atomic E-state index is 12.9. The van der Waals surface area contributed by atoms with E-state index in [2.05, 4.69) is 38.7 Å². The van der Waals surface area contributed by atoms with Gasteiger partial charge in [-0.3, -0.25) is 4.79 Å². The normalized spacial score (nSPS) is 20.4. The Kier molecular flexibility index (Phi) is 4.58. The van der Waals surface area contributed by atoms with Gasteiger partial charge in [-0.2, -0.15) is 15.0 Å². The molecule has 0 atom stereocenters. The second kappa shape index (κ2) is 7.41. The number of pyridine rings is 2. The first-order valence-corrected chi connectivity index (χ1v) is 10.5. The number of fused-ring (bicyclic) bond motifs is 1. The fourth-order valence-electron chi connectivity index (χ4n) is 3.91. The number of nitrogens with zero attached hydrogens (tertiary/aromatic N) is 5. The zero-order valence-corrected chi connectivity index (χ0v) is 16.8. The van der Waals surface area contributed by atoms with Crippen molar-refractivity contribution in [2.24, 2.45) is 5.92 Å². The van der Waals surface area contributed by atoms with Crippen molar-refractivity contribution in [3.05, 3.63) is 41.9 Å². The molecule has 3 heterocycles. The minimum atomic E-state index is -0.0844. The van der Waals surface area contributed by atoms with E-state index >= 15 is 0 Å². The molecule has 2 fully saturated rings. The molecule has 0 unspecified atom stereocenters. The summed E-state index contributed by atoms with van der Waals surface area (Å²) in [4.78, 5) is 21.8. The second-order valence-corrected chi connectivity index (χ2v) is 8.23. The Hall–Kier alpha value is -3.47. The predicted molar refractivity (Wildman–Crippen MR) is 112 cm³/mol. The van der Waals surface area contributed by atoms with Crippen molar-refractivity contribution in [1.82, 2.24) is 25.1 Å². The van der Waals surface area contributed by atoms with Gasteiger partial charge in [-0.25, -0.2) is 9.97 Å². The highest BCUT2D eigenvalue weighted by Gasteiger charge is 2.30. The van der Waals surface area contributed by atoms with Gasteiger partial charge in [0, 0.05) is 35.9 Å². The first kappa shape index (κ1) is 18.6. The number of aromatic nitrogens is 4. The molecule has 30 heavy (non-hydrogen) atoms. The standard InChI is InChI=1S/C22H23N7O/c1-2-13-6-17(7-13)28-22(30)18-12-24-20(8-19(18)27-16-3-4-16)29-21-15(11-26-29)5-14(9-23)10-25-21/h5,8,10-13,16-17H,2-4,6-7H2,1H3,(H,24,27)(H,28,30)/t13-,17-. The highest BCUT2D eigenvalue weighted by atomic mass is 16.1.